The van der Waals surface area contributed by atoms with E-state index in [2.05, 4.69) is 24.1 Å². The predicted molar refractivity (Wildman–Crippen MR) is 65.3 cm³/mol. The molecule has 0 bridgehead atoms. The number of carbonyl (C=O) groups is 1. The summed E-state index contributed by atoms with van der Waals surface area (Å²) in [5, 5.41) is 3.15. The topological polar surface area (TPSA) is 67.6 Å². The second kappa shape index (κ2) is 9.57. The van der Waals surface area contributed by atoms with Gasteiger partial charge in [0.05, 0.1) is 12.6 Å². The minimum absolute atomic E-state index is 0.267. The van der Waals surface area contributed by atoms with E-state index >= 15 is 0 Å². The van der Waals surface area contributed by atoms with Crippen LogP contribution < -0.4 is 11.1 Å². The standard InChI is InChI=1S/C11H25N3O2/c1-4-6-13-10(11(12)15)9-14(5-2)7-8-16-3/h10,13H,4-9H2,1-3H3,(H2,12,15). The maximum Gasteiger partial charge on any atom is 0.235 e. The summed E-state index contributed by atoms with van der Waals surface area (Å²) >= 11 is 0. The molecule has 0 rings (SSSR count). The Balaban J connectivity index is 4.06. The molecule has 96 valence electrons. The minimum atomic E-state index is -0.288. The van der Waals surface area contributed by atoms with Crippen LogP contribution >= 0.6 is 0 Å². The highest BCUT2D eigenvalue weighted by Crippen LogP contribution is 1.93. The van der Waals surface area contributed by atoms with Crippen LogP contribution in [-0.4, -0.2) is 56.7 Å². The molecule has 0 aliphatic carbocycles. The summed E-state index contributed by atoms with van der Waals surface area (Å²) in [7, 11) is 1.68. The number of methoxy groups -OCH3 is 1. The number of rotatable bonds is 10. The molecule has 0 fully saturated rings. The number of hydrogen-bond donors (Lipinski definition) is 2. The number of hydrogen-bond acceptors (Lipinski definition) is 4. The Bertz CT molecular complexity index is 188. The van der Waals surface area contributed by atoms with Gasteiger partial charge in [-0.25, -0.2) is 0 Å². The van der Waals surface area contributed by atoms with Gasteiger partial charge in [0.15, 0.2) is 0 Å². The van der Waals surface area contributed by atoms with Crippen LogP contribution in [0.1, 0.15) is 20.3 Å². The molecule has 1 amide bonds. The third-order valence-corrected chi connectivity index (χ3v) is 2.48. The van der Waals surface area contributed by atoms with Crippen molar-refractivity contribution >= 4 is 5.91 Å². The smallest absolute Gasteiger partial charge is 0.235 e. The fourth-order valence-electron chi connectivity index (χ4n) is 1.43. The number of nitrogens with one attached hydrogen (secondary N) is 1. The van der Waals surface area contributed by atoms with E-state index in [9.17, 15) is 4.79 Å². The maximum atomic E-state index is 11.2. The minimum Gasteiger partial charge on any atom is -0.383 e. The van der Waals surface area contributed by atoms with Gasteiger partial charge in [-0.05, 0) is 19.5 Å². The highest BCUT2D eigenvalue weighted by Gasteiger charge is 2.17. The van der Waals surface area contributed by atoms with Crippen molar-refractivity contribution in [1.29, 1.82) is 0 Å². The first-order chi connectivity index (χ1) is 7.65. The molecule has 5 heteroatoms. The van der Waals surface area contributed by atoms with Gasteiger partial charge in [0.2, 0.25) is 5.91 Å². The Morgan fingerprint density at radius 3 is 2.62 bits per heavy atom. The molecule has 0 aliphatic heterocycles. The van der Waals surface area contributed by atoms with Crippen LogP contribution in [0.2, 0.25) is 0 Å². The first kappa shape index (κ1) is 15.3. The molecule has 0 spiro atoms. The summed E-state index contributed by atoms with van der Waals surface area (Å²) in [6.45, 7) is 7.98. The van der Waals surface area contributed by atoms with Gasteiger partial charge < -0.3 is 15.8 Å². The van der Waals surface area contributed by atoms with Crippen molar-refractivity contribution in [1.82, 2.24) is 10.2 Å². The highest BCUT2D eigenvalue weighted by atomic mass is 16.5. The van der Waals surface area contributed by atoms with E-state index in [1.54, 1.807) is 7.11 Å². The maximum absolute atomic E-state index is 11.2. The number of ether oxygens (including phenoxy) is 1. The largest absolute Gasteiger partial charge is 0.383 e. The van der Waals surface area contributed by atoms with Crippen LogP contribution in [0.15, 0.2) is 0 Å². The Hall–Kier alpha value is -0.650. The van der Waals surface area contributed by atoms with Gasteiger partial charge in [-0.1, -0.05) is 13.8 Å². The SMILES string of the molecule is CCCNC(CN(CC)CCOC)C(N)=O. The van der Waals surface area contributed by atoms with Crippen LogP contribution in [-0.2, 0) is 9.53 Å². The number of primary amides is 1. The summed E-state index contributed by atoms with van der Waals surface area (Å²) in [4.78, 5) is 13.4. The van der Waals surface area contributed by atoms with Crippen LogP contribution in [0.25, 0.3) is 0 Å². The summed E-state index contributed by atoms with van der Waals surface area (Å²) in [5.41, 5.74) is 5.35. The first-order valence-corrected chi connectivity index (χ1v) is 5.89. The van der Waals surface area contributed by atoms with Crippen LogP contribution in [0.5, 0.6) is 0 Å². The number of carbonyl (C=O) groups excluding carboxylic acids is 1. The molecule has 3 N–H and O–H groups in total. The lowest BCUT2D eigenvalue weighted by Gasteiger charge is -2.25. The van der Waals surface area contributed by atoms with E-state index in [0.29, 0.717) is 13.2 Å². The van der Waals surface area contributed by atoms with Crippen molar-refractivity contribution in [2.75, 3.05) is 39.9 Å². The molecule has 0 saturated carbocycles. The van der Waals surface area contributed by atoms with Crippen molar-refractivity contribution in [2.24, 2.45) is 5.73 Å². The molecule has 0 aromatic rings. The number of nitrogens with two attached hydrogens (primary N) is 1. The predicted octanol–water partition coefficient (Wildman–Crippen LogP) is -0.192. The molecule has 0 radical (unpaired) electrons. The third-order valence-electron chi connectivity index (χ3n) is 2.48. The highest BCUT2D eigenvalue weighted by molar-refractivity contribution is 5.80. The van der Waals surface area contributed by atoms with E-state index in [1.807, 2.05) is 0 Å². The number of amides is 1. The Kier molecular flexibility index (Phi) is 9.18. The monoisotopic (exact) mass is 231 g/mol. The van der Waals surface area contributed by atoms with Crippen LogP contribution in [0.4, 0.5) is 0 Å². The molecule has 1 atom stereocenters. The average molecular weight is 231 g/mol. The summed E-state index contributed by atoms with van der Waals surface area (Å²) in [6, 6.07) is -0.267. The summed E-state index contributed by atoms with van der Waals surface area (Å²) < 4.78 is 5.02. The fourth-order valence-corrected chi connectivity index (χ4v) is 1.43. The first-order valence-electron chi connectivity index (χ1n) is 5.89. The van der Waals surface area contributed by atoms with Gasteiger partial charge in [-0.3, -0.25) is 9.69 Å². The molecule has 1 unspecified atom stereocenters. The van der Waals surface area contributed by atoms with Crippen LogP contribution in [0, 0.1) is 0 Å². The van der Waals surface area contributed by atoms with Gasteiger partial charge in [0.1, 0.15) is 0 Å². The molecule has 0 heterocycles. The third kappa shape index (κ3) is 6.76. The van der Waals surface area contributed by atoms with Gasteiger partial charge >= 0.3 is 0 Å². The lowest BCUT2D eigenvalue weighted by atomic mass is 10.2. The Morgan fingerprint density at radius 1 is 1.50 bits per heavy atom. The van der Waals surface area contributed by atoms with E-state index in [0.717, 1.165) is 26.1 Å². The Labute approximate surface area is 98.3 Å². The Morgan fingerprint density at radius 2 is 2.19 bits per heavy atom. The van der Waals surface area contributed by atoms with E-state index in [-0.39, 0.29) is 11.9 Å². The summed E-state index contributed by atoms with van der Waals surface area (Å²) in [6.07, 6.45) is 0.994. The van der Waals surface area contributed by atoms with E-state index < -0.39 is 0 Å². The molecule has 0 aromatic heterocycles. The van der Waals surface area contributed by atoms with Crippen molar-refractivity contribution in [3.8, 4) is 0 Å². The number of nitrogens with zero attached hydrogens (tertiary/aromatic N) is 1. The quantitative estimate of drug-likeness (QED) is 0.547. The van der Waals surface area contributed by atoms with Crippen molar-refractivity contribution in [3.63, 3.8) is 0 Å². The molecule has 0 aromatic carbocycles. The zero-order valence-corrected chi connectivity index (χ0v) is 10.7. The summed E-state index contributed by atoms with van der Waals surface area (Å²) in [5.74, 6) is -0.288. The molecule has 16 heavy (non-hydrogen) atoms. The number of likely N-dealkylation sites (N-methyl/N-ethyl adjacent to an activating group) is 1. The van der Waals surface area contributed by atoms with Crippen molar-refractivity contribution in [2.45, 2.75) is 26.3 Å². The van der Waals surface area contributed by atoms with Gasteiger partial charge in [-0.15, -0.1) is 0 Å². The lowest BCUT2D eigenvalue weighted by molar-refractivity contribution is -0.120. The fraction of sp³-hybridized carbons (Fsp3) is 0.909. The van der Waals surface area contributed by atoms with Crippen molar-refractivity contribution < 1.29 is 9.53 Å². The van der Waals surface area contributed by atoms with Crippen molar-refractivity contribution in [3.05, 3.63) is 0 Å². The second-order valence-electron chi connectivity index (χ2n) is 3.80. The normalized spacial score (nSPS) is 13.0. The van der Waals surface area contributed by atoms with E-state index in [4.69, 9.17) is 10.5 Å². The van der Waals surface area contributed by atoms with Gasteiger partial charge in [-0.2, -0.15) is 0 Å². The molecule has 0 aliphatic rings. The van der Waals surface area contributed by atoms with Crippen LogP contribution in [0.3, 0.4) is 0 Å². The molecule has 5 nitrogen and oxygen atoms in total. The van der Waals surface area contributed by atoms with Gasteiger partial charge in [0.25, 0.3) is 0 Å². The zero-order chi connectivity index (χ0) is 12.4. The molecular formula is C11H25N3O2. The molecular weight excluding hydrogens is 206 g/mol. The lowest BCUT2D eigenvalue weighted by Crippen LogP contribution is -2.49. The molecule has 0 saturated heterocycles. The van der Waals surface area contributed by atoms with Gasteiger partial charge in [0, 0.05) is 20.2 Å². The average Bonchev–Trinajstić information content (AvgIpc) is 2.28. The zero-order valence-electron chi connectivity index (χ0n) is 10.7. The second-order valence-corrected chi connectivity index (χ2v) is 3.80. The van der Waals surface area contributed by atoms with E-state index in [1.165, 1.54) is 0 Å².